The van der Waals surface area contributed by atoms with Crippen LogP contribution in [0, 0.1) is 0 Å². The molecule has 20 heavy (non-hydrogen) atoms. The second-order valence-corrected chi connectivity index (χ2v) is 4.22. The fourth-order valence-electron chi connectivity index (χ4n) is 1.79. The normalized spacial score (nSPS) is 10.4. The van der Waals surface area contributed by atoms with Crippen LogP contribution in [0.3, 0.4) is 0 Å². The molecule has 0 bridgehead atoms. The van der Waals surface area contributed by atoms with Crippen LogP contribution in [0.5, 0.6) is 0 Å². The minimum Gasteiger partial charge on any atom is -0.458 e. The molecular formula is C18H16O2. The van der Waals surface area contributed by atoms with Gasteiger partial charge in [0.2, 0.25) is 0 Å². The predicted octanol–water partition coefficient (Wildman–Crippen LogP) is 4.20. The van der Waals surface area contributed by atoms with Crippen LogP contribution in [0.15, 0.2) is 67.3 Å². The Morgan fingerprint density at radius 3 is 2.45 bits per heavy atom. The third-order valence-corrected chi connectivity index (χ3v) is 2.77. The highest BCUT2D eigenvalue weighted by molar-refractivity contribution is 5.94. The number of rotatable bonds is 5. The van der Waals surface area contributed by atoms with E-state index in [4.69, 9.17) is 4.74 Å². The van der Waals surface area contributed by atoms with Crippen LogP contribution in [0.4, 0.5) is 0 Å². The molecule has 2 nitrogen and oxygen atoms in total. The van der Waals surface area contributed by atoms with Crippen LogP contribution in [0.1, 0.15) is 21.5 Å². The first-order valence-corrected chi connectivity index (χ1v) is 6.41. The summed E-state index contributed by atoms with van der Waals surface area (Å²) in [5.41, 5.74) is 2.48. The Bertz CT molecular complexity index is 612. The van der Waals surface area contributed by atoms with Crippen molar-refractivity contribution >= 4 is 18.1 Å². The summed E-state index contributed by atoms with van der Waals surface area (Å²) in [6.07, 6.45) is 5.44. The zero-order valence-corrected chi connectivity index (χ0v) is 11.2. The summed E-state index contributed by atoms with van der Waals surface area (Å²) in [7, 11) is 0. The molecule has 0 N–H and O–H groups in total. The van der Waals surface area contributed by atoms with E-state index in [1.807, 2.05) is 60.7 Å². The van der Waals surface area contributed by atoms with E-state index >= 15 is 0 Å². The SMILES string of the molecule is C=CCOC(=O)c1ccccc1/C=C/c1ccccc1. The van der Waals surface area contributed by atoms with Gasteiger partial charge < -0.3 is 4.74 Å². The van der Waals surface area contributed by atoms with Gasteiger partial charge in [-0.05, 0) is 17.2 Å². The Hall–Kier alpha value is -2.61. The molecular weight excluding hydrogens is 248 g/mol. The van der Waals surface area contributed by atoms with Crippen molar-refractivity contribution in [3.8, 4) is 0 Å². The second-order valence-electron chi connectivity index (χ2n) is 4.22. The molecule has 0 radical (unpaired) electrons. The van der Waals surface area contributed by atoms with Crippen molar-refractivity contribution in [2.75, 3.05) is 6.61 Å². The van der Waals surface area contributed by atoms with Gasteiger partial charge in [-0.15, -0.1) is 0 Å². The monoisotopic (exact) mass is 264 g/mol. The standard InChI is InChI=1S/C18H16O2/c1-2-14-20-18(19)17-11-7-6-10-16(17)13-12-15-8-4-3-5-9-15/h2-13H,1,14H2/b13-12+. The fourth-order valence-corrected chi connectivity index (χ4v) is 1.79. The largest absolute Gasteiger partial charge is 0.458 e. The molecule has 0 spiro atoms. The minimum absolute atomic E-state index is 0.218. The van der Waals surface area contributed by atoms with Gasteiger partial charge in [0.25, 0.3) is 0 Å². The number of hydrogen-bond acceptors (Lipinski definition) is 2. The molecule has 2 aromatic rings. The molecule has 2 heteroatoms. The van der Waals surface area contributed by atoms with Gasteiger partial charge in [-0.3, -0.25) is 0 Å². The number of esters is 1. The van der Waals surface area contributed by atoms with E-state index in [2.05, 4.69) is 6.58 Å². The van der Waals surface area contributed by atoms with Gasteiger partial charge in [0.15, 0.2) is 0 Å². The Kier molecular flexibility index (Phi) is 4.90. The topological polar surface area (TPSA) is 26.3 Å². The van der Waals surface area contributed by atoms with E-state index in [1.165, 1.54) is 0 Å². The predicted molar refractivity (Wildman–Crippen MR) is 82.3 cm³/mol. The fraction of sp³-hybridized carbons (Fsp3) is 0.0556. The minimum atomic E-state index is -0.335. The molecule has 0 aromatic heterocycles. The molecule has 0 unspecified atom stereocenters. The third-order valence-electron chi connectivity index (χ3n) is 2.77. The molecule has 0 fully saturated rings. The van der Waals surface area contributed by atoms with Crippen LogP contribution in [0.2, 0.25) is 0 Å². The van der Waals surface area contributed by atoms with E-state index in [1.54, 1.807) is 12.1 Å². The molecule has 2 aromatic carbocycles. The lowest BCUT2D eigenvalue weighted by molar-refractivity contribution is 0.0549. The van der Waals surface area contributed by atoms with E-state index in [0.717, 1.165) is 11.1 Å². The zero-order chi connectivity index (χ0) is 14.2. The van der Waals surface area contributed by atoms with Crippen LogP contribution in [0.25, 0.3) is 12.2 Å². The number of hydrogen-bond donors (Lipinski definition) is 0. The van der Waals surface area contributed by atoms with Crippen molar-refractivity contribution in [1.82, 2.24) is 0 Å². The van der Waals surface area contributed by atoms with Gasteiger partial charge in [-0.1, -0.05) is 73.3 Å². The van der Waals surface area contributed by atoms with Crippen molar-refractivity contribution in [3.05, 3.63) is 83.9 Å². The van der Waals surface area contributed by atoms with E-state index in [-0.39, 0.29) is 12.6 Å². The summed E-state index contributed by atoms with van der Waals surface area (Å²) in [6.45, 7) is 3.75. The van der Waals surface area contributed by atoms with Crippen LogP contribution in [-0.4, -0.2) is 12.6 Å². The van der Waals surface area contributed by atoms with Crippen molar-refractivity contribution in [2.24, 2.45) is 0 Å². The first-order chi connectivity index (χ1) is 9.81. The molecule has 0 atom stereocenters. The van der Waals surface area contributed by atoms with Crippen molar-refractivity contribution < 1.29 is 9.53 Å². The smallest absolute Gasteiger partial charge is 0.339 e. The van der Waals surface area contributed by atoms with Crippen LogP contribution in [-0.2, 0) is 4.74 Å². The maximum atomic E-state index is 11.9. The van der Waals surface area contributed by atoms with E-state index < -0.39 is 0 Å². The average Bonchev–Trinajstić information content (AvgIpc) is 2.52. The number of ether oxygens (including phenoxy) is 1. The molecule has 0 heterocycles. The van der Waals surface area contributed by atoms with E-state index in [9.17, 15) is 4.79 Å². The highest BCUT2D eigenvalue weighted by atomic mass is 16.5. The van der Waals surface area contributed by atoms with Gasteiger partial charge in [0.05, 0.1) is 5.56 Å². The Labute approximate surface area is 119 Å². The van der Waals surface area contributed by atoms with Crippen LogP contribution >= 0.6 is 0 Å². The lowest BCUT2D eigenvalue weighted by Gasteiger charge is -2.05. The maximum absolute atomic E-state index is 11.9. The Balaban J connectivity index is 2.22. The molecule has 0 aliphatic heterocycles. The first kappa shape index (κ1) is 13.8. The molecule has 0 aliphatic carbocycles. The number of carbonyl (C=O) groups excluding carboxylic acids is 1. The lowest BCUT2D eigenvalue weighted by Crippen LogP contribution is -2.06. The van der Waals surface area contributed by atoms with Gasteiger partial charge in [0.1, 0.15) is 6.61 Å². The molecule has 0 saturated carbocycles. The Morgan fingerprint density at radius 2 is 1.70 bits per heavy atom. The average molecular weight is 264 g/mol. The summed E-state index contributed by atoms with van der Waals surface area (Å²) >= 11 is 0. The summed E-state index contributed by atoms with van der Waals surface area (Å²) < 4.78 is 5.08. The third kappa shape index (κ3) is 3.69. The molecule has 0 amide bonds. The summed E-state index contributed by atoms with van der Waals surface area (Å²) in [4.78, 5) is 11.9. The number of benzene rings is 2. The van der Waals surface area contributed by atoms with Crippen molar-refractivity contribution in [1.29, 1.82) is 0 Å². The summed E-state index contributed by atoms with van der Waals surface area (Å²) in [6, 6.07) is 17.3. The molecule has 100 valence electrons. The molecule has 2 rings (SSSR count). The van der Waals surface area contributed by atoms with Gasteiger partial charge in [0, 0.05) is 0 Å². The first-order valence-electron chi connectivity index (χ1n) is 6.41. The maximum Gasteiger partial charge on any atom is 0.339 e. The Morgan fingerprint density at radius 1 is 1.00 bits per heavy atom. The molecule has 0 saturated heterocycles. The van der Waals surface area contributed by atoms with Gasteiger partial charge >= 0.3 is 5.97 Å². The highest BCUT2D eigenvalue weighted by Crippen LogP contribution is 2.14. The van der Waals surface area contributed by atoms with Crippen molar-refractivity contribution in [3.63, 3.8) is 0 Å². The van der Waals surface area contributed by atoms with Gasteiger partial charge in [-0.2, -0.15) is 0 Å². The quantitative estimate of drug-likeness (QED) is 0.459. The van der Waals surface area contributed by atoms with E-state index in [0.29, 0.717) is 5.56 Å². The second kappa shape index (κ2) is 7.10. The van der Waals surface area contributed by atoms with Crippen molar-refractivity contribution in [2.45, 2.75) is 0 Å². The lowest BCUT2D eigenvalue weighted by atomic mass is 10.1. The zero-order valence-electron chi connectivity index (χ0n) is 11.2. The highest BCUT2D eigenvalue weighted by Gasteiger charge is 2.09. The number of carbonyl (C=O) groups is 1. The summed E-state index contributed by atoms with van der Waals surface area (Å²) in [5.74, 6) is -0.335. The van der Waals surface area contributed by atoms with Crippen LogP contribution < -0.4 is 0 Å². The summed E-state index contributed by atoms with van der Waals surface area (Å²) in [5, 5.41) is 0. The van der Waals surface area contributed by atoms with Gasteiger partial charge in [-0.25, -0.2) is 4.79 Å². The molecule has 0 aliphatic rings.